The van der Waals surface area contributed by atoms with Crippen LogP contribution in [-0.4, -0.2) is 74.6 Å². The van der Waals surface area contributed by atoms with Crippen molar-refractivity contribution in [3.8, 4) is 5.75 Å². The SMILES string of the molecule is Cl.O=C(O)CCc1cc(CCNS(=O)(=O)c2ccc(Cl)cc2)cc(CCc2ccccc2OCCCN2CCN(c3nsc4ccccc34)CC2)c1. The summed E-state index contributed by atoms with van der Waals surface area (Å²) in [5, 5.41) is 11.0. The third-order valence-electron chi connectivity index (χ3n) is 9.13. The lowest BCUT2D eigenvalue weighted by atomic mass is 9.96. The number of nitrogens with zero attached hydrogens (tertiary/aromatic N) is 3. The molecule has 0 unspecified atom stereocenters. The number of piperazine rings is 1. The van der Waals surface area contributed by atoms with Crippen LogP contribution in [0.1, 0.15) is 35.1 Å². The largest absolute Gasteiger partial charge is 0.493 e. The lowest BCUT2D eigenvalue weighted by Gasteiger charge is -2.35. The Morgan fingerprint density at radius 1 is 0.865 bits per heavy atom. The molecule has 5 aromatic rings. The summed E-state index contributed by atoms with van der Waals surface area (Å²) in [6.07, 6.45) is 3.34. The Morgan fingerprint density at radius 2 is 1.54 bits per heavy atom. The summed E-state index contributed by atoms with van der Waals surface area (Å²) in [5.41, 5.74) is 4.08. The number of nitrogens with one attached hydrogen (secondary N) is 1. The second-order valence-electron chi connectivity index (χ2n) is 12.8. The number of hydrogen-bond acceptors (Lipinski definition) is 8. The van der Waals surface area contributed by atoms with Gasteiger partial charge in [0.15, 0.2) is 0 Å². The maximum atomic E-state index is 12.8. The van der Waals surface area contributed by atoms with Crippen molar-refractivity contribution in [2.24, 2.45) is 0 Å². The number of sulfonamides is 1. The van der Waals surface area contributed by atoms with Crippen molar-refractivity contribution < 1.29 is 23.1 Å². The van der Waals surface area contributed by atoms with Crippen LogP contribution in [0.3, 0.4) is 0 Å². The summed E-state index contributed by atoms with van der Waals surface area (Å²) in [6.45, 7) is 5.77. The van der Waals surface area contributed by atoms with Crippen LogP contribution in [0, 0.1) is 0 Å². The molecule has 1 fully saturated rings. The molecule has 0 bridgehead atoms. The molecular weight excluding hydrogens is 739 g/mol. The van der Waals surface area contributed by atoms with Crippen LogP contribution in [0.4, 0.5) is 5.82 Å². The van der Waals surface area contributed by atoms with Gasteiger partial charge in [-0.2, -0.15) is 4.37 Å². The minimum absolute atomic E-state index is 0. The summed E-state index contributed by atoms with van der Waals surface area (Å²) in [4.78, 5) is 16.4. The Balaban J connectivity index is 0.00000523. The van der Waals surface area contributed by atoms with Gasteiger partial charge in [-0.25, -0.2) is 13.1 Å². The van der Waals surface area contributed by atoms with E-state index in [9.17, 15) is 18.3 Å². The minimum Gasteiger partial charge on any atom is -0.493 e. The van der Waals surface area contributed by atoms with Crippen LogP contribution in [0.15, 0.2) is 95.9 Å². The number of anilines is 1. The Labute approximate surface area is 321 Å². The van der Waals surface area contributed by atoms with Gasteiger partial charge in [0.1, 0.15) is 11.6 Å². The van der Waals surface area contributed by atoms with Crippen LogP contribution in [0.5, 0.6) is 5.75 Å². The maximum absolute atomic E-state index is 12.8. The van der Waals surface area contributed by atoms with Gasteiger partial charge in [-0.15, -0.1) is 12.4 Å². The first-order valence-electron chi connectivity index (χ1n) is 17.3. The zero-order valence-electron chi connectivity index (χ0n) is 28.9. The normalized spacial score (nSPS) is 13.6. The number of halogens is 2. The number of ether oxygens (including phenoxy) is 1. The molecule has 4 aromatic carbocycles. The Bertz CT molecular complexity index is 2030. The van der Waals surface area contributed by atoms with E-state index >= 15 is 0 Å². The highest BCUT2D eigenvalue weighted by Gasteiger charge is 2.20. The van der Waals surface area contributed by atoms with Gasteiger partial charge in [0.25, 0.3) is 0 Å². The smallest absolute Gasteiger partial charge is 0.303 e. The number of hydrogen-bond donors (Lipinski definition) is 2. The molecule has 0 saturated carbocycles. The van der Waals surface area contributed by atoms with Crippen molar-refractivity contribution >= 4 is 67.4 Å². The third kappa shape index (κ3) is 10.9. The Kier molecular flexibility index (Phi) is 14.3. The van der Waals surface area contributed by atoms with Gasteiger partial charge in [0.2, 0.25) is 10.0 Å². The molecule has 9 nitrogen and oxygen atoms in total. The fraction of sp³-hybridized carbons (Fsp3) is 0.333. The number of carbonyl (C=O) groups is 1. The average Bonchev–Trinajstić information content (AvgIpc) is 3.57. The zero-order chi connectivity index (χ0) is 35.6. The molecule has 0 aliphatic carbocycles. The molecule has 1 aromatic heterocycles. The highest BCUT2D eigenvalue weighted by Crippen LogP contribution is 2.30. The lowest BCUT2D eigenvalue weighted by molar-refractivity contribution is -0.136. The molecule has 1 saturated heterocycles. The molecule has 0 spiro atoms. The molecule has 0 amide bonds. The number of para-hydroxylation sites is 1. The first kappa shape index (κ1) is 39.5. The number of aromatic nitrogens is 1. The van der Waals surface area contributed by atoms with E-state index in [1.54, 1.807) is 23.7 Å². The number of benzene rings is 4. The number of fused-ring (bicyclic) bond motifs is 1. The van der Waals surface area contributed by atoms with Gasteiger partial charge >= 0.3 is 5.97 Å². The molecule has 2 heterocycles. The molecular formula is C39H44Cl2N4O5S2. The van der Waals surface area contributed by atoms with Gasteiger partial charge in [0.05, 0.1) is 16.2 Å². The minimum atomic E-state index is -3.68. The van der Waals surface area contributed by atoms with Crippen LogP contribution in [-0.2, 0) is 40.5 Å². The first-order chi connectivity index (χ1) is 24.7. The summed E-state index contributed by atoms with van der Waals surface area (Å²) >= 11 is 7.48. The molecule has 6 rings (SSSR count). The fourth-order valence-electron chi connectivity index (χ4n) is 6.43. The standard InChI is InChI=1S/C39H43ClN4O5S2.ClH/c40-33-13-15-34(16-14-33)51(47,48)41-19-18-31-27-29(26-30(28-31)11-17-38(45)46)10-12-32-6-1-3-8-36(32)49-25-5-20-43-21-23-44(24-22-43)39-35-7-2-4-9-37(35)50-42-39;/h1-4,6-9,13-16,26-28,41H,5,10-12,17-25H2,(H,45,46);1H. The van der Waals surface area contributed by atoms with E-state index in [-0.39, 0.29) is 30.3 Å². The fourth-order valence-corrected chi connectivity index (χ4v) is 8.39. The Hall–Kier alpha value is -3.71. The number of rotatable bonds is 17. The van der Waals surface area contributed by atoms with E-state index in [1.807, 2.05) is 24.3 Å². The lowest BCUT2D eigenvalue weighted by Crippen LogP contribution is -2.47. The second kappa shape index (κ2) is 18.9. The average molecular weight is 784 g/mol. The number of aliphatic carboxylic acids is 1. The van der Waals surface area contributed by atoms with E-state index in [2.05, 4.69) is 57.0 Å². The number of carboxylic acid groups (broad SMARTS) is 1. The van der Waals surface area contributed by atoms with Crippen molar-refractivity contribution in [2.75, 3.05) is 50.8 Å². The van der Waals surface area contributed by atoms with Crippen molar-refractivity contribution in [2.45, 2.75) is 43.4 Å². The topological polar surface area (TPSA) is 112 Å². The molecule has 0 radical (unpaired) electrons. The van der Waals surface area contributed by atoms with E-state index in [4.69, 9.17) is 20.7 Å². The van der Waals surface area contributed by atoms with Crippen molar-refractivity contribution in [3.63, 3.8) is 0 Å². The predicted octanol–water partition coefficient (Wildman–Crippen LogP) is 7.29. The van der Waals surface area contributed by atoms with Crippen LogP contribution >= 0.6 is 35.5 Å². The monoisotopic (exact) mass is 782 g/mol. The Morgan fingerprint density at radius 3 is 2.29 bits per heavy atom. The van der Waals surface area contributed by atoms with Gasteiger partial charge in [-0.05, 0) is 108 Å². The highest BCUT2D eigenvalue weighted by atomic mass is 35.5. The molecule has 13 heteroatoms. The van der Waals surface area contributed by atoms with Crippen LogP contribution < -0.4 is 14.4 Å². The van der Waals surface area contributed by atoms with E-state index in [0.717, 1.165) is 85.8 Å². The molecule has 1 aliphatic heterocycles. The van der Waals surface area contributed by atoms with Crippen molar-refractivity contribution in [1.29, 1.82) is 0 Å². The second-order valence-corrected chi connectivity index (χ2v) is 15.8. The summed E-state index contributed by atoms with van der Waals surface area (Å²) in [5.74, 6) is 1.14. The maximum Gasteiger partial charge on any atom is 0.303 e. The third-order valence-corrected chi connectivity index (χ3v) is 11.7. The van der Waals surface area contributed by atoms with Crippen molar-refractivity contribution in [3.05, 3.63) is 118 Å². The van der Waals surface area contributed by atoms with Crippen molar-refractivity contribution in [1.82, 2.24) is 14.0 Å². The molecule has 276 valence electrons. The van der Waals surface area contributed by atoms with E-state index < -0.39 is 16.0 Å². The molecule has 0 atom stereocenters. The molecule has 52 heavy (non-hydrogen) atoms. The number of carboxylic acids is 1. The molecule has 1 aliphatic rings. The van der Waals surface area contributed by atoms with Gasteiger partial charge in [-0.3, -0.25) is 9.69 Å². The van der Waals surface area contributed by atoms with Crippen LogP contribution in [0.2, 0.25) is 5.02 Å². The predicted molar refractivity (Wildman–Crippen MR) is 212 cm³/mol. The molecule has 2 N–H and O–H groups in total. The van der Waals surface area contributed by atoms with E-state index in [1.165, 1.54) is 22.2 Å². The highest BCUT2D eigenvalue weighted by molar-refractivity contribution is 7.89. The van der Waals surface area contributed by atoms with Crippen LogP contribution in [0.25, 0.3) is 10.1 Å². The zero-order valence-corrected chi connectivity index (χ0v) is 32.1. The number of aryl methyl sites for hydroxylation is 3. The summed E-state index contributed by atoms with van der Waals surface area (Å²) in [7, 11) is -3.68. The summed E-state index contributed by atoms with van der Waals surface area (Å²) < 4.78 is 40.5. The van der Waals surface area contributed by atoms with Gasteiger partial charge in [-0.1, -0.05) is 60.1 Å². The van der Waals surface area contributed by atoms with E-state index in [0.29, 0.717) is 24.5 Å². The van der Waals surface area contributed by atoms with Gasteiger partial charge < -0.3 is 14.7 Å². The first-order valence-corrected chi connectivity index (χ1v) is 20.0. The van der Waals surface area contributed by atoms with Gasteiger partial charge in [0, 0.05) is 56.1 Å². The summed E-state index contributed by atoms with van der Waals surface area (Å²) in [6, 6.07) is 28.7. The quantitative estimate of drug-likeness (QED) is 0.0947.